The number of carbonyl (C=O) groups is 1. The molecular formula is C11H13NO3. The minimum Gasteiger partial charge on any atom is -0.465 e. The highest BCUT2D eigenvalue weighted by Gasteiger charge is 2.37. The number of rotatable bonds is 2. The van der Waals surface area contributed by atoms with E-state index in [2.05, 4.69) is 0 Å². The second-order valence-electron chi connectivity index (χ2n) is 3.69. The van der Waals surface area contributed by atoms with E-state index in [0.29, 0.717) is 6.54 Å². The van der Waals surface area contributed by atoms with E-state index in [1.54, 1.807) is 0 Å². The molecule has 80 valence electrons. The van der Waals surface area contributed by atoms with Crippen molar-refractivity contribution in [1.82, 2.24) is 4.90 Å². The van der Waals surface area contributed by atoms with Crippen LogP contribution in [0.3, 0.4) is 0 Å². The molecular weight excluding hydrogens is 194 g/mol. The minimum atomic E-state index is -0.957. The van der Waals surface area contributed by atoms with Crippen LogP contribution in [0.15, 0.2) is 30.3 Å². The van der Waals surface area contributed by atoms with E-state index in [4.69, 9.17) is 5.11 Å². The van der Waals surface area contributed by atoms with E-state index in [9.17, 15) is 9.90 Å². The number of aliphatic hydroxyl groups is 1. The van der Waals surface area contributed by atoms with Crippen LogP contribution in [0.1, 0.15) is 18.1 Å². The number of nitrogens with zero attached hydrogens (tertiary/aromatic N) is 1. The molecule has 0 saturated carbocycles. The lowest BCUT2D eigenvalue weighted by Gasteiger charge is -2.41. The molecule has 2 N–H and O–H groups in total. The number of hydrogen-bond donors (Lipinski definition) is 2. The van der Waals surface area contributed by atoms with E-state index in [0.717, 1.165) is 12.0 Å². The highest BCUT2D eigenvalue weighted by molar-refractivity contribution is 5.66. The molecule has 1 heterocycles. The van der Waals surface area contributed by atoms with E-state index >= 15 is 0 Å². The molecule has 1 aromatic rings. The first-order valence-corrected chi connectivity index (χ1v) is 4.92. The summed E-state index contributed by atoms with van der Waals surface area (Å²) in [6, 6.07) is 8.87. The predicted molar refractivity (Wildman–Crippen MR) is 54.5 cm³/mol. The van der Waals surface area contributed by atoms with E-state index < -0.39 is 12.2 Å². The van der Waals surface area contributed by atoms with Crippen molar-refractivity contribution in [3.05, 3.63) is 35.9 Å². The molecule has 15 heavy (non-hydrogen) atoms. The van der Waals surface area contributed by atoms with Gasteiger partial charge in [0.05, 0.1) is 12.1 Å². The molecule has 0 spiro atoms. The molecule has 1 unspecified atom stereocenters. The van der Waals surface area contributed by atoms with Crippen molar-refractivity contribution in [2.24, 2.45) is 0 Å². The number of hydrogen-bond acceptors (Lipinski definition) is 2. The number of likely N-dealkylation sites (tertiary alicyclic amines) is 1. The van der Waals surface area contributed by atoms with Crippen molar-refractivity contribution in [2.75, 3.05) is 6.54 Å². The summed E-state index contributed by atoms with van der Waals surface area (Å²) >= 11 is 0. The molecule has 1 amide bonds. The van der Waals surface area contributed by atoms with Crippen molar-refractivity contribution in [3.8, 4) is 0 Å². The van der Waals surface area contributed by atoms with Gasteiger partial charge in [0, 0.05) is 6.54 Å². The molecule has 2 atom stereocenters. The Morgan fingerprint density at radius 1 is 1.40 bits per heavy atom. The average Bonchev–Trinajstić information content (AvgIpc) is 2.16. The third kappa shape index (κ3) is 1.80. The summed E-state index contributed by atoms with van der Waals surface area (Å²) in [5.41, 5.74) is 0.772. The van der Waals surface area contributed by atoms with E-state index in [1.165, 1.54) is 4.90 Å². The van der Waals surface area contributed by atoms with Crippen molar-refractivity contribution >= 4 is 6.09 Å². The average molecular weight is 207 g/mol. The smallest absolute Gasteiger partial charge is 0.407 e. The third-order valence-electron chi connectivity index (χ3n) is 2.82. The second-order valence-corrected chi connectivity index (χ2v) is 3.69. The standard InChI is InChI=1S/C11H13NO3/c13-10(8-4-2-1-3-5-8)9-6-7-12(9)11(14)15/h1-5,9-10,13H,6-7H2,(H,14,15)/t9-,10?/m0/s1. The van der Waals surface area contributed by atoms with E-state index in [-0.39, 0.29) is 6.04 Å². The lowest BCUT2D eigenvalue weighted by molar-refractivity contribution is -0.00529. The minimum absolute atomic E-state index is 0.287. The number of aliphatic hydroxyl groups excluding tert-OH is 1. The first kappa shape index (κ1) is 9.98. The lowest BCUT2D eigenvalue weighted by Crippen LogP contribution is -2.53. The largest absolute Gasteiger partial charge is 0.465 e. The molecule has 1 aromatic carbocycles. The Labute approximate surface area is 87.8 Å². The molecule has 1 aliphatic rings. The molecule has 1 fully saturated rings. The van der Waals surface area contributed by atoms with Gasteiger partial charge in [0.1, 0.15) is 0 Å². The highest BCUT2D eigenvalue weighted by atomic mass is 16.4. The maximum Gasteiger partial charge on any atom is 0.407 e. The van der Waals surface area contributed by atoms with Crippen LogP contribution in [0.2, 0.25) is 0 Å². The molecule has 4 nitrogen and oxygen atoms in total. The summed E-state index contributed by atoms with van der Waals surface area (Å²) in [5.74, 6) is 0. The van der Waals surface area contributed by atoms with Crippen LogP contribution in [-0.2, 0) is 0 Å². The Morgan fingerprint density at radius 3 is 2.53 bits per heavy atom. The van der Waals surface area contributed by atoms with Gasteiger partial charge in [0.15, 0.2) is 0 Å². The zero-order valence-corrected chi connectivity index (χ0v) is 8.21. The second kappa shape index (κ2) is 3.90. The van der Waals surface area contributed by atoms with Crippen molar-refractivity contribution < 1.29 is 15.0 Å². The van der Waals surface area contributed by atoms with Gasteiger partial charge in [-0.25, -0.2) is 4.79 Å². The Hall–Kier alpha value is -1.55. The van der Waals surface area contributed by atoms with Crippen LogP contribution in [0.5, 0.6) is 0 Å². The first-order chi connectivity index (χ1) is 7.20. The van der Waals surface area contributed by atoms with Crippen molar-refractivity contribution in [1.29, 1.82) is 0 Å². The summed E-state index contributed by atoms with van der Waals surface area (Å²) in [5, 5.41) is 18.8. The number of amides is 1. The molecule has 1 saturated heterocycles. The van der Waals surface area contributed by atoms with E-state index in [1.807, 2.05) is 30.3 Å². The Bertz CT molecular complexity index is 352. The molecule has 4 heteroatoms. The zero-order valence-electron chi connectivity index (χ0n) is 8.21. The van der Waals surface area contributed by atoms with Crippen LogP contribution in [0, 0.1) is 0 Å². The quantitative estimate of drug-likeness (QED) is 0.772. The first-order valence-electron chi connectivity index (χ1n) is 4.92. The van der Waals surface area contributed by atoms with Crippen LogP contribution < -0.4 is 0 Å². The zero-order chi connectivity index (χ0) is 10.8. The summed E-state index contributed by atoms with van der Waals surface area (Å²) < 4.78 is 0. The molecule has 0 aromatic heterocycles. The van der Waals surface area contributed by atoms with Gasteiger partial charge in [-0.15, -0.1) is 0 Å². The van der Waals surface area contributed by atoms with Gasteiger partial charge >= 0.3 is 6.09 Å². The van der Waals surface area contributed by atoms with Gasteiger partial charge < -0.3 is 15.1 Å². The fraction of sp³-hybridized carbons (Fsp3) is 0.364. The number of carboxylic acid groups (broad SMARTS) is 1. The van der Waals surface area contributed by atoms with Crippen molar-refractivity contribution in [3.63, 3.8) is 0 Å². The van der Waals surface area contributed by atoms with Gasteiger partial charge in [-0.2, -0.15) is 0 Å². The monoisotopic (exact) mass is 207 g/mol. The maximum absolute atomic E-state index is 10.7. The summed E-state index contributed by atoms with van der Waals surface area (Å²) in [4.78, 5) is 12.0. The third-order valence-corrected chi connectivity index (χ3v) is 2.82. The van der Waals surface area contributed by atoms with Crippen LogP contribution >= 0.6 is 0 Å². The topological polar surface area (TPSA) is 60.8 Å². The maximum atomic E-state index is 10.7. The van der Waals surface area contributed by atoms with Gasteiger partial charge in [0.2, 0.25) is 0 Å². The van der Waals surface area contributed by atoms with Gasteiger partial charge in [-0.3, -0.25) is 0 Å². The molecule has 2 rings (SSSR count). The molecule has 0 radical (unpaired) electrons. The fourth-order valence-corrected chi connectivity index (χ4v) is 1.85. The Morgan fingerprint density at radius 2 is 2.07 bits per heavy atom. The normalized spacial score (nSPS) is 21.9. The van der Waals surface area contributed by atoms with Gasteiger partial charge in [-0.05, 0) is 12.0 Å². The Kier molecular flexibility index (Phi) is 2.60. The van der Waals surface area contributed by atoms with Gasteiger partial charge in [0.25, 0.3) is 0 Å². The predicted octanol–water partition coefficient (Wildman–Crippen LogP) is 1.47. The summed E-state index contributed by atoms with van der Waals surface area (Å²) in [6.07, 6.45) is -0.945. The molecule has 0 aliphatic carbocycles. The summed E-state index contributed by atoms with van der Waals surface area (Å²) in [7, 11) is 0. The number of benzene rings is 1. The SMILES string of the molecule is O=C(O)N1CC[C@H]1C(O)c1ccccc1. The lowest BCUT2D eigenvalue weighted by atomic mass is 9.93. The van der Waals surface area contributed by atoms with Gasteiger partial charge in [-0.1, -0.05) is 30.3 Å². The van der Waals surface area contributed by atoms with Crippen LogP contribution in [0.25, 0.3) is 0 Å². The van der Waals surface area contributed by atoms with Crippen LogP contribution in [0.4, 0.5) is 4.79 Å². The molecule has 1 aliphatic heterocycles. The fourth-order valence-electron chi connectivity index (χ4n) is 1.85. The van der Waals surface area contributed by atoms with Crippen molar-refractivity contribution in [2.45, 2.75) is 18.6 Å². The Balaban J connectivity index is 2.09. The van der Waals surface area contributed by atoms with Crippen LogP contribution in [-0.4, -0.2) is 33.8 Å². The molecule has 0 bridgehead atoms. The highest BCUT2D eigenvalue weighted by Crippen LogP contribution is 2.29. The summed E-state index contributed by atoms with van der Waals surface area (Å²) in [6.45, 7) is 0.518.